The van der Waals surface area contributed by atoms with Crippen molar-refractivity contribution in [3.63, 3.8) is 0 Å². The lowest BCUT2D eigenvalue weighted by molar-refractivity contribution is 0.253. The van der Waals surface area contributed by atoms with Crippen LogP contribution < -0.4 is 5.56 Å². The second-order valence-corrected chi connectivity index (χ2v) is 6.14. The highest BCUT2D eigenvalue weighted by atomic mass is 32.1. The summed E-state index contributed by atoms with van der Waals surface area (Å²) in [6.07, 6.45) is -0.719. The Hall–Kier alpha value is -2.62. The van der Waals surface area contributed by atoms with E-state index in [1.165, 1.54) is 28.0 Å². The molecule has 0 radical (unpaired) electrons. The number of fused-ring (bicyclic) bond motifs is 1. The zero-order valence-corrected chi connectivity index (χ0v) is 13.4. The molecule has 3 aromatic rings. The average molecular weight is 326 g/mol. The molecule has 1 unspecified atom stereocenters. The van der Waals surface area contributed by atoms with Gasteiger partial charge in [0.05, 0.1) is 16.1 Å². The lowest BCUT2D eigenvalue weighted by Crippen LogP contribution is -2.21. The first-order valence-corrected chi connectivity index (χ1v) is 7.79. The molecule has 23 heavy (non-hydrogen) atoms. The number of aliphatic hydroxyl groups is 1. The summed E-state index contributed by atoms with van der Waals surface area (Å²) in [6.45, 7) is 3.34. The van der Waals surface area contributed by atoms with Gasteiger partial charge in [0.1, 0.15) is 22.4 Å². The third-order valence-electron chi connectivity index (χ3n) is 3.23. The Morgan fingerprint density at radius 2 is 2.00 bits per heavy atom. The van der Waals surface area contributed by atoms with Crippen LogP contribution in [-0.2, 0) is 0 Å². The summed E-state index contributed by atoms with van der Waals surface area (Å²) in [5.74, 6) is 6.20. The Kier molecular flexibility index (Phi) is 3.90. The van der Waals surface area contributed by atoms with Crippen molar-refractivity contribution in [3.8, 4) is 23.3 Å². The molecule has 0 fully saturated rings. The third kappa shape index (κ3) is 2.97. The molecule has 2 aromatic heterocycles. The van der Waals surface area contributed by atoms with Crippen LogP contribution in [0.4, 0.5) is 0 Å². The van der Waals surface area contributed by atoms with E-state index in [4.69, 9.17) is 0 Å². The van der Waals surface area contributed by atoms with E-state index in [1.807, 2.05) is 0 Å². The number of hydrogen-bond acceptors (Lipinski definition) is 5. The van der Waals surface area contributed by atoms with Crippen molar-refractivity contribution in [2.75, 3.05) is 0 Å². The minimum absolute atomic E-state index is 0.139. The SMILES string of the molecule is Cc1nc2cc(C#CC(C)O)sc2c(=O)n1-c1ccc(O)cc1. The molecular formula is C17H14N2O3S. The van der Waals surface area contributed by atoms with Crippen LogP contribution in [0.1, 0.15) is 17.6 Å². The van der Waals surface area contributed by atoms with E-state index in [0.717, 1.165) is 0 Å². The first-order valence-electron chi connectivity index (χ1n) is 6.98. The van der Waals surface area contributed by atoms with Crippen LogP contribution in [0.15, 0.2) is 35.1 Å². The smallest absolute Gasteiger partial charge is 0.276 e. The van der Waals surface area contributed by atoms with Crippen LogP contribution in [0.5, 0.6) is 5.75 Å². The predicted octanol–water partition coefficient (Wildman–Crippen LogP) is 2.19. The number of nitrogens with zero attached hydrogens (tertiary/aromatic N) is 2. The highest BCUT2D eigenvalue weighted by molar-refractivity contribution is 7.19. The topological polar surface area (TPSA) is 75.4 Å². The molecule has 116 valence electrons. The van der Waals surface area contributed by atoms with Gasteiger partial charge in [0.25, 0.3) is 5.56 Å². The molecule has 0 aliphatic rings. The van der Waals surface area contributed by atoms with Crippen LogP contribution in [0.25, 0.3) is 15.9 Å². The highest BCUT2D eigenvalue weighted by Crippen LogP contribution is 2.22. The zero-order valence-electron chi connectivity index (χ0n) is 12.6. The predicted molar refractivity (Wildman–Crippen MR) is 90.2 cm³/mol. The number of aliphatic hydroxyl groups excluding tert-OH is 1. The van der Waals surface area contributed by atoms with Gasteiger partial charge in [-0.3, -0.25) is 9.36 Å². The first-order chi connectivity index (χ1) is 11.0. The fourth-order valence-electron chi connectivity index (χ4n) is 2.23. The van der Waals surface area contributed by atoms with Crippen molar-refractivity contribution < 1.29 is 10.2 Å². The van der Waals surface area contributed by atoms with E-state index in [0.29, 0.717) is 26.6 Å². The minimum atomic E-state index is -0.719. The Balaban J connectivity index is 2.20. The maximum atomic E-state index is 12.8. The van der Waals surface area contributed by atoms with Gasteiger partial charge in [0.2, 0.25) is 0 Å². The normalized spacial score (nSPS) is 12.0. The van der Waals surface area contributed by atoms with Crippen molar-refractivity contribution in [3.05, 3.63) is 51.4 Å². The summed E-state index contributed by atoms with van der Waals surface area (Å²) in [5, 5.41) is 18.6. The van der Waals surface area contributed by atoms with E-state index in [1.54, 1.807) is 32.0 Å². The molecule has 3 rings (SSSR count). The number of hydrogen-bond donors (Lipinski definition) is 2. The van der Waals surface area contributed by atoms with Gasteiger partial charge in [0, 0.05) is 0 Å². The van der Waals surface area contributed by atoms with Crippen LogP contribution in [-0.4, -0.2) is 25.9 Å². The van der Waals surface area contributed by atoms with Crippen molar-refractivity contribution in [1.82, 2.24) is 9.55 Å². The Labute approximate surface area is 136 Å². The molecule has 0 amide bonds. The summed E-state index contributed by atoms with van der Waals surface area (Å²) in [6, 6.07) is 8.14. The van der Waals surface area contributed by atoms with Gasteiger partial charge in [-0.25, -0.2) is 4.98 Å². The Bertz CT molecular complexity index is 989. The van der Waals surface area contributed by atoms with E-state index in [2.05, 4.69) is 16.8 Å². The largest absolute Gasteiger partial charge is 0.508 e. The van der Waals surface area contributed by atoms with Crippen molar-refractivity contribution in [2.24, 2.45) is 0 Å². The number of benzene rings is 1. The van der Waals surface area contributed by atoms with Crippen molar-refractivity contribution in [1.29, 1.82) is 0 Å². The fourth-order valence-corrected chi connectivity index (χ4v) is 3.12. The van der Waals surface area contributed by atoms with Gasteiger partial charge in [-0.15, -0.1) is 11.3 Å². The molecule has 2 N–H and O–H groups in total. The molecule has 1 atom stereocenters. The van der Waals surface area contributed by atoms with E-state index >= 15 is 0 Å². The monoisotopic (exact) mass is 326 g/mol. The minimum Gasteiger partial charge on any atom is -0.508 e. The average Bonchev–Trinajstić information content (AvgIpc) is 2.90. The van der Waals surface area contributed by atoms with Gasteiger partial charge in [0.15, 0.2) is 0 Å². The lowest BCUT2D eigenvalue weighted by Gasteiger charge is -2.09. The number of phenolic OH excluding ortho intramolecular Hbond substituents is 1. The molecule has 0 spiro atoms. The number of aromatic hydroxyl groups is 1. The molecule has 6 heteroatoms. The van der Waals surface area contributed by atoms with E-state index < -0.39 is 6.10 Å². The molecule has 0 bridgehead atoms. The van der Waals surface area contributed by atoms with Crippen molar-refractivity contribution in [2.45, 2.75) is 20.0 Å². The van der Waals surface area contributed by atoms with Crippen LogP contribution >= 0.6 is 11.3 Å². The summed E-state index contributed by atoms with van der Waals surface area (Å²) < 4.78 is 2.02. The molecular weight excluding hydrogens is 312 g/mol. The molecule has 2 heterocycles. The van der Waals surface area contributed by atoms with Gasteiger partial charge >= 0.3 is 0 Å². The fraction of sp³-hybridized carbons (Fsp3) is 0.176. The molecule has 0 saturated heterocycles. The number of aromatic nitrogens is 2. The summed E-state index contributed by atoms with van der Waals surface area (Å²) >= 11 is 1.26. The van der Waals surface area contributed by atoms with Gasteiger partial charge in [-0.05, 0) is 44.2 Å². The quantitative estimate of drug-likeness (QED) is 0.672. The van der Waals surface area contributed by atoms with Crippen molar-refractivity contribution >= 4 is 21.6 Å². The van der Waals surface area contributed by atoms with Gasteiger partial charge in [-0.2, -0.15) is 0 Å². The van der Waals surface area contributed by atoms with E-state index in [-0.39, 0.29) is 11.3 Å². The number of rotatable bonds is 1. The molecule has 5 nitrogen and oxygen atoms in total. The number of aryl methyl sites for hydroxylation is 1. The molecule has 1 aromatic carbocycles. The van der Waals surface area contributed by atoms with Crippen LogP contribution in [0.3, 0.4) is 0 Å². The highest BCUT2D eigenvalue weighted by Gasteiger charge is 2.12. The molecule has 0 saturated carbocycles. The number of phenols is 1. The standard InChI is InChI=1S/C17H14N2O3S/c1-10(20)3-8-14-9-15-16(23-14)17(22)19(11(2)18-15)12-4-6-13(21)7-5-12/h4-7,9-10,20-21H,1-2H3. The molecule has 0 aliphatic carbocycles. The Morgan fingerprint density at radius 3 is 2.65 bits per heavy atom. The molecule has 0 aliphatic heterocycles. The van der Waals surface area contributed by atoms with Crippen LogP contribution in [0, 0.1) is 18.8 Å². The van der Waals surface area contributed by atoms with Gasteiger partial charge in [-0.1, -0.05) is 11.8 Å². The first kappa shape index (κ1) is 15.3. The van der Waals surface area contributed by atoms with Gasteiger partial charge < -0.3 is 10.2 Å². The third-order valence-corrected chi connectivity index (χ3v) is 4.26. The maximum Gasteiger partial charge on any atom is 0.276 e. The maximum absolute atomic E-state index is 12.8. The summed E-state index contributed by atoms with van der Waals surface area (Å²) in [4.78, 5) is 17.9. The van der Waals surface area contributed by atoms with Crippen LogP contribution in [0.2, 0.25) is 0 Å². The zero-order chi connectivity index (χ0) is 16.6. The summed E-state index contributed by atoms with van der Waals surface area (Å²) in [7, 11) is 0. The lowest BCUT2D eigenvalue weighted by atomic mass is 10.3. The Morgan fingerprint density at radius 1 is 1.30 bits per heavy atom. The van der Waals surface area contributed by atoms with E-state index in [9.17, 15) is 15.0 Å². The second kappa shape index (κ2) is 5.88. The number of thiophene rings is 1. The second-order valence-electron chi connectivity index (χ2n) is 5.09. The summed E-state index contributed by atoms with van der Waals surface area (Å²) in [5.41, 5.74) is 1.07.